The molecule has 1 aliphatic carbocycles. The first-order valence-electron chi connectivity index (χ1n) is 8.16. The van der Waals surface area contributed by atoms with Gasteiger partial charge in [-0.3, -0.25) is 14.4 Å². The summed E-state index contributed by atoms with van der Waals surface area (Å²) < 4.78 is 1.90. The third kappa shape index (κ3) is 2.84. The van der Waals surface area contributed by atoms with Crippen LogP contribution in [0, 0.1) is 0 Å². The van der Waals surface area contributed by atoms with Gasteiger partial charge >= 0.3 is 0 Å². The van der Waals surface area contributed by atoms with Crippen LogP contribution in [-0.2, 0) is 20.0 Å². The molecule has 2 heterocycles. The van der Waals surface area contributed by atoms with Crippen molar-refractivity contribution in [1.82, 2.24) is 20.0 Å². The molecule has 0 atom stereocenters. The zero-order chi connectivity index (χ0) is 15.0. The Hall–Kier alpha value is -1.36. The van der Waals surface area contributed by atoms with Gasteiger partial charge in [0.15, 0.2) is 5.69 Å². The van der Waals surface area contributed by atoms with Gasteiger partial charge in [-0.25, -0.2) is 0 Å². The van der Waals surface area contributed by atoms with Crippen LogP contribution in [0.5, 0.6) is 0 Å². The molecule has 1 aliphatic heterocycles. The van der Waals surface area contributed by atoms with Gasteiger partial charge in [0.1, 0.15) is 0 Å². The first-order chi connectivity index (χ1) is 10.1. The van der Waals surface area contributed by atoms with Crippen molar-refractivity contribution in [3.05, 3.63) is 17.0 Å². The highest BCUT2D eigenvalue weighted by molar-refractivity contribution is 5.94. The molecule has 5 nitrogen and oxygen atoms in total. The highest BCUT2D eigenvalue weighted by atomic mass is 16.2. The van der Waals surface area contributed by atoms with Crippen molar-refractivity contribution in [2.45, 2.75) is 64.6 Å². The number of carbonyl (C=O) groups excluding carboxylic acids is 1. The molecule has 1 aromatic heterocycles. The zero-order valence-corrected chi connectivity index (χ0v) is 13.4. The zero-order valence-electron chi connectivity index (χ0n) is 13.4. The van der Waals surface area contributed by atoms with Crippen LogP contribution in [0.3, 0.4) is 0 Å². The fourth-order valence-corrected chi connectivity index (χ4v) is 3.56. The molecule has 1 amide bonds. The van der Waals surface area contributed by atoms with Gasteiger partial charge in [0.2, 0.25) is 0 Å². The molecular weight excluding hydrogens is 264 g/mol. The Labute approximate surface area is 126 Å². The second-order valence-corrected chi connectivity index (χ2v) is 6.67. The van der Waals surface area contributed by atoms with Crippen LogP contribution < -0.4 is 5.32 Å². The number of rotatable bonds is 3. The largest absolute Gasteiger partial charge is 0.348 e. The molecule has 1 aromatic rings. The van der Waals surface area contributed by atoms with Crippen LogP contribution in [0.1, 0.15) is 61.3 Å². The first-order valence-corrected chi connectivity index (χ1v) is 8.16. The summed E-state index contributed by atoms with van der Waals surface area (Å²) in [7, 11) is 1.95. The Morgan fingerprint density at radius 1 is 1.33 bits per heavy atom. The third-order valence-electron chi connectivity index (χ3n) is 4.91. The van der Waals surface area contributed by atoms with Gasteiger partial charge < -0.3 is 5.32 Å². The number of nitrogens with zero attached hydrogens (tertiary/aromatic N) is 3. The van der Waals surface area contributed by atoms with E-state index in [-0.39, 0.29) is 5.91 Å². The summed E-state index contributed by atoms with van der Waals surface area (Å²) in [4.78, 5) is 15.0. The quantitative estimate of drug-likeness (QED) is 0.924. The lowest BCUT2D eigenvalue weighted by molar-refractivity contribution is 0.0929. The Bertz CT molecular complexity index is 529. The SMILES string of the molecule is CC(C)N1CCc2c(c(C(=O)NC3CCCC3)nn2C)C1. The third-order valence-corrected chi connectivity index (χ3v) is 4.91. The lowest BCUT2D eigenvalue weighted by atomic mass is 10.0. The second kappa shape index (κ2) is 5.79. The van der Waals surface area contributed by atoms with Crippen molar-refractivity contribution in [2.75, 3.05) is 6.54 Å². The van der Waals surface area contributed by atoms with Crippen LogP contribution in [0.25, 0.3) is 0 Å². The van der Waals surface area contributed by atoms with Crippen molar-refractivity contribution in [1.29, 1.82) is 0 Å². The number of carbonyl (C=O) groups is 1. The number of nitrogens with one attached hydrogen (secondary N) is 1. The maximum Gasteiger partial charge on any atom is 0.272 e. The minimum atomic E-state index is 0.0179. The molecule has 0 bridgehead atoms. The van der Waals surface area contributed by atoms with E-state index in [0.29, 0.717) is 17.8 Å². The highest BCUT2D eigenvalue weighted by Crippen LogP contribution is 2.24. The fourth-order valence-electron chi connectivity index (χ4n) is 3.56. The number of amides is 1. The van der Waals surface area contributed by atoms with Crippen molar-refractivity contribution < 1.29 is 4.79 Å². The number of hydrogen-bond donors (Lipinski definition) is 1. The normalized spacial score (nSPS) is 20.0. The average Bonchev–Trinajstić information content (AvgIpc) is 3.07. The molecule has 3 rings (SSSR count). The van der Waals surface area contributed by atoms with Crippen LogP contribution in [0.15, 0.2) is 0 Å². The summed E-state index contributed by atoms with van der Waals surface area (Å²) in [6.07, 6.45) is 5.66. The molecule has 116 valence electrons. The number of aromatic nitrogens is 2. The molecule has 1 saturated carbocycles. The maximum absolute atomic E-state index is 12.6. The molecule has 0 radical (unpaired) electrons. The Morgan fingerprint density at radius 2 is 2.05 bits per heavy atom. The van der Waals surface area contributed by atoms with Gasteiger partial charge in [0.25, 0.3) is 5.91 Å². The standard InChI is InChI=1S/C16H26N4O/c1-11(2)20-9-8-14-13(10-20)15(18-19(14)3)16(21)17-12-6-4-5-7-12/h11-12H,4-10H2,1-3H3,(H,17,21). The molecule has 0 saturated heterocycles. The monoisotopic (exact) mass is 290 g/mol. The minimum absolute atomic E-state index is 0.0179. The number of aryl methyl sites for hydroxylation is 1. The summed E-state index contributed by atoms with van der Waals surface area (Å²) in [6, 6.07) is 0.851. The maximum atomic E-state index is 12.6. The lowest BCUT2D eigenvalue weighted by Gasteiger charge is -2.30. The van der Waals surface area contributed by atoms with Crippen LogP contribution in [0.2, 0.25) is 0 Å². The number of fused-ring (bicyclic) bond motifs is 1. The molecule has 0 aromatic carbocycles. The van der Waals surface area contributed by atoms with Crippen LogP contribution in [-0.4, -0.2) is 39.2 Å². The molecule has 1 N–H and O–H groups in total. The second-order valence-electron chi connectivity index (χ2n) is 6.67. The minimum Gasteiger partial charge on any atom is -0.348 e. The molecule has 1 fully saturated rings. The van der Waals surface area contributed by atoms with E-state index in [1.165, 1.54) is 18.5 Å². The van der Waals surface area contributed by atoms with E-state index in [1.807, 2.05) is 11.7 Å². The van der Waals surface area contributed by atoms with Gasteiger partial charge in [-0.15, -0.1) is 0 Å². The fraction of sp³-hybridized carbons (Fsp3) is 0.750. The highest BCUT2D eigenvalue weighted by Gasteiger charge is 2.29. The van der Waals surface area contributed by atoms with E-state index in [1.54, 1.807) is 0 Å². The molecule has 0 spiro atoms. The lowest BCUT2D eigenvalue weighted by Crippen LogP contribution is -2.38. The van der Waals surface area contributed by atoms with E-state index >= 15 is 0 Å². The van der Waals surface area contributed by atoms with Gasteiger partial charge in [-0.05, 0) is 26.7 Å². The van der Waals surface area contributed by atoms with Crippen molar-refractivity contribution in [3.8, 4) is 0 Å². The molecule has 2 aliphatic rings. The molecule has 21 heavy (non-hydrogen) atoms. The molecular formula is C16H26N4O. The predicted octanol–water partition coefficient (Wildman–Crippen LogP) is 1.86. The van der Waals surface area contributed by atoms with Gasteiger partial charge in [0.05, 0.1) is 0 Å². The Balaban J connectivity index is 1.81. The van der Waals surface area contributed by atoms with E-state index < -0.39 is 0 Å². The number of hydrogen-bond acceptors (Lipinski definition) is 3. The van der Waals surface area contributed by atoms with Crippen molar-refractivity contribution in [3.63, 3.8) is 0 Å². The summed E-state index contributed by atoms with van der Waals surface area (Å²) >= 11 is 0. The molecule has 5 heteroatoms. The topological polar surface area (TPSA) is 50.2 Å². The van der Waals surface area contributed by atoms with Crippen molar-refractivity contribution >= 4 is 5.91 Å². The van der Waals surface area contributed by atoms with E-state index in [4.69, 9.17) is 0 Å². The first kappa shape index (κ1) is 14.6. The van der Waals surface area contributed by atoms with E-state index in [9.17, 15) is 4.79 Å². The average molecular weight is 290 g/mol. The predicted molar refractivity (Wildman–Crippen MR) is 82.2 cm³/mol. The summed E-state index contributed by atoms with van der Waals surface area (Å²) in [5.41, 5.74) is 3.00. The van der Waals surface area contributed by atoms with Gasteiger partial charge in [0, 0.05) is 49.9 Å². The summed E-state index contributed by atoms with van der Waals surface area (Å²) in [5.74, 6) is 0.0179. The van der Waals surface area contributed by atoms with E-state index in [0.717, 1.165) is 37.9 Å². The summed E-state index contributed by atoms with van der Waals surface area (Å²) in [5, 5.41) is 7.68. The summed E-state index contributed by atoms with van der Waals surface area (Å²) in [6.45, 7) is 6.31. The van der Waals surface area contributed by atoms with Crippen LogP contribution in [0.4, 0.5) is 0 Å². The Kier molecular flexibility index (Phi) is 4.02. The Morgan fingerprint density at radius 3 is 2.71 bits per heavy atom. The van der Waals surface area contributed by atoms with Crippen LogP contribution >= 0.6 is 0 Å². The smallest absolute Gasteiger partial charge is 0.272 e. The van der Waals surface area contributed by atoms with Gasteiger partial charge in [-0.2, -0.15) is 5.10 Å². The van der Waals surface area contributed by atoms with E-state index in [2.05, 4.69) is 29.2 Å². The van der Waals surface area contributed by atoms with Crippen molar-refractivity contribution in [2.24, 2.45) is 7.05 Å². The van der Waals surface area contributed by atoms with Gasteiger partial charge in [-0.1, -0.05) is 12.8 Å². The molecule has 0 unspecified atom stereocenters.